The number of halogens is 2. The van der Waals surface area contributed by atoms with Crippen molar-refractivity contribution in [1.82, 2.24) is 0 Å². The van der Waals surface area contributed by atoms with Gasteiger partial charge < -0.3 is 10.5 Å². The maximum absolute atomic E-state index is 10.7. The Kier molecular flexibility index (Phi) is 13.9. The van der Waals surface area contributed by atoms with Crippen LogP contribution in [0.3, 0.4) is 0 Å². The zero-order valence-electron chi connectivity index (χ0n) is 8.80. The summed E-state index contributed by atoms with van der Waals surface area (Å²) in [6.45, 7) is 6.11. The maximum Gasteiger partial charge on any atom is 0.322 e. The minimum Gasteiger partial charge on any atom is -0.465 e. The summed E-state index contributed by atoms with van der Waals surface area (Å²) >= 11 is 10.7. The second-order valence-electron chi connectivity index (χ2n) is 2.62. The Hall–Kier alpha value is 0.440. The van der Waals surface area contributed by atoms with E-state index in [1.165, 1.54) is 0 Å². The van der Waals surface area contributed by atoms with Crippen molar-refractivity contribution in [3.05, 3.63) is 0 Å². The first kappa shape index (κ1) is 16.9. The molecule has 0 saturated carbocycles. The van der Waals surface area contributed by atoms with Crippen molar-refractivity contribution in [1.29, 1.82) is 0 Å². The Morgan fingerprint density at radius 1 is 1.57 bits per heavy atom. The smallest absolute Gasteiger partial charge is 0.322 e. The van der Waals surface area contributed by atoms with E-state index in [2.05, 4.69) is 4.74 Å². The number of carbonyl (C=O) groups excluding carboxylic acids is 1. The van der Waals surface area contributed by atoms with Crippen molar-refractivity contribution in [2.24, 2.45) is 5.73 Å². The molecule has 0 rings (SSSR count). The van der Waals surface area contributed by atoms with Gasteiger partial charge in [0.25, 0.3) is 0 Å². The van der Waals surface area contributed by atoms with Crippen LogP contribution in [0.2, 0.25) is 0 Å². The Labute approximate surface area is 96.8 Å². The second kappa shape index (κ2) is 11.5. The summed E-state index contributed by atoms with van der Waals surface area (Å²) < 4.78 is 4.63. The zero-order chi connectivity index (χ0) is 11.6. The van der Waals surface area contributed by atoms with E-state index in [1.54, 1.807) is 6.92 Å². The predicted octanol–water partition coefficient (Wildman–Crippen LogP) is 2.39. The number of ether oxygens (including phenoxy) is 1. The molecule has 6 heteroatoms. The van der Waals surface area contributed by atoms with Crippen LogP contribution in [0.15, 0.2) is 0 Å². The van der Waals surface area contributed by atoms with E-state index < -0.39 is 6.04 Å². The number of nitrogens with two attached hydrogens (primary N) is 1. The summed E-state index contributed by atoms with van der Waals surface area (Å²) in [5, 5.41) is 0. The van der Waals surface area contributed by atoms with Crippen LogP contribution in [-0.2, 0) is 9.53 Å². The average Bonchev–Trinajstić information content (AvgIpc) is 2.04. The van der Waals surface area contributed by atoms with E-state index in [0.717, 1.165) is 0 Å². The van der Waals surface area contributed by atoms with Gasteiger partial charge in [0.05, 0.1) is 6.61 Å². The van der Waals surface area contributed by atoms with Crippen LogP contribution in [0.4, 0.5) is 0 Å². The lowest BCUT2D eigenvalue weighted by Gasteiger charge is -2.07. The predicted molar refractivity (Wildman–Crippen MR) is 64.6 cm³/mol. The molecule has 0 saturated heterocycles. The molecule has 0 radical (unpaired) electrons. The van der Waals surface area contributed by atoms with Gasteiger partial charge >= 0.3 is 5.97 Å². The number of hydrogen-bond donors (Lipinski definition) is 1. The second-order valence-corrected chi connectivity index (χ2v) is 6.60. The molecule has 0 aliphatic rings. The van der Waals surface area contributed by atoms with Gasteiger partial charge in [-0.2, -0.15) is 0 Å². The van der Waals surface area contributed by atoms with Crippen molar-refractivity contribution in [3.63, 3.8) is 0 Å². The fourth-order valence-electron chi connectivity index (χ4n) is 0.485. The Balaban J connectivity index is 0. The van der Waals surface area contributed by atoms with E-state index in [9.17, 15) is 4.79 Å². The van der Waals surface area contributed by atoms with Crippen LogP contribution in [0.5, 0.6) is 0 Å². The molecule has 14 heavy (non-hydrogen) atoms. The fourth-order valence-corrected chi connectivity index (χ4v) is 0.720. The molecule has 1 atom stereocenters. The van der Waals surface area contributed by atoms with Crippen LogP contribution >= 0.6 is 30.1 Å². The van der Waals surface area contributed by atoms with Crippen LogP contribution in [-0.4, -0.2) is 37.8 Å². The molecular formula is C8H18Cl2NO2P. The Bertz CT molecular complexity index is 145. The average molecular weight is 262 g/mol. The van der Waals surface area contributed by atoms with Crippen molar-refractivity contribution in [2.75, 3.05) is 25.8 Å². The van der Waals surface area contributed by atoms with Crippen molar-refractivity contribution < 1.29 is 9.53 Å². The Morgan fingerprint density at radius 3 is 2.29 bits per heavy atom. The molecule has 0 unspecified atom stereocenters. The molecule has 86 valence electrons. The molecule has 0 aliphatic heterocycles. The number of carbonyl (C=O) groups is 1. The van der Waals surface area contributed by atoms with Crippen LogP contribution in [0, 0.1) is 0 Å². The number of esters is 1. The lowest BCUT2D eigenvalue weighted by Crippen LogP contribution is -2.32. The van der Waals surface area contributed by atoms with E-state index in [0.29, 0.717) is 18.9 Å². The topological polar surface area (TPSA) is 52.3 Å². The van der Waals surface area contributed by atoms with Gasteiger partial charge in [-0.1, -0.05) is 11.2 Å². The zero-order valence-corrected chi connectivity index (χ0v) is 11.2. The summed E-state index contributed by atoms with van der Waals surface area (Å²) in [6, 6.07) is -0.558. The molecule has 0 bridgehead atoms. The van der Waals surface area contributed by atoms with Crippen LogP contribution < -0.4 is 5.73 Å². The highest BCUT2D eigenvalue weighted by Crippen LogP contribution is 2.29. The molecule has 0 aromatic rings. The maximum atomic E-state index is 10.7. The van der Waals surface area contributed by atoms with E-state index in [1.807, 2.05) is 13.3 Å². The molecule has 2 N–H and O–H groups in total. The SMILES string of the molecule is CCOC(=O)[C@@H](N)CCCl.CP(C)Cl. The van der Waals surface area contributed by atoms with Gasteiger partial charge in [-0.15, -0.1) is 11.6 Å². The van der Waals surface area contributed by atoms with Gasteiger partial charge in [0.2, 0.25) is 0 Å². The fraction of sp³-hybridized carbons (Fsp3) is 0.875. The minimum atomic E-state index is -0.558. The first-order chi connectivity index (χ1) is 6.45. The summed E-state index contributed by atoms with van der Waals surface area (Å²) in [4.78, 5) is 10.7. The van der Waals surface area contributed by atoms with Gasteiger partial charge in [0.1, 0.15) is 6.04 Å². The highest BCUT2D eigenvalue weighted by atomic mass is 35.7. The summed E-state index contributed by atoms with van der Waals surface area (Å²) in [5.41, 5.74) is 5.35. The highest BCUT2D eigenvalue weighted by Gasteiger charge is 2.12. The monoisotopic (exact) mass is 261 g/mol. The van der Waals surface area contributed by atoms with Crippen LogP contribution in [0.1, 0.15) is 13.3 Å². The van der Waals surface area contributed by atoms with Crippen molar-refractivity contribution in [3.8, 4) is 0 Å². The molecule has 0 aromatic heterocycles. The number of alkyl halides is 1. The highest BCUT2D eigenvalue weighted by molar-refractivity contribution is 7.82. The Morgan fingerprint density at radius 2 is 2.00 bits per heavy atom. The lowest BCUT2D eigenvalue weighted by atomic mass is 10.2. The summed E-state index contributed by atoms with van der Waals surface area (Å²) in [6.07, 6.45) is 0.473. The van der Waals surface area contributed by atoms with Gasteiger partial charge in [0, 0.05) is 5.88 Å². The van der Waals surface area contributed by atoms with Gasteiger partial charge in [-0.25, -0.2) is 0 Å². The minimum absolute atomic E-state index is 0.148. The quantitative estimate of drug-likeness (QED) is 0.480. The van der Waals surface area contributed by atoms with Gasteiger partial charge in [0.15, 0.2) is 0 Å². The molecular weight excluding hydrogens is 244 g/mol. The van der Waals surface area contributed by atoms with Gasteiger partial charge in [-0.3, -0.25) is 4.79 Å². The molecule has 0 aliphatic carbocycles. The summed E-state index contributed by atoms with van der Waals surface area (Å²) in [7, 11) is -0.148. The third kappa shape index (κ3) is 14.9. The van der Waals surface area contributed by atoms with E-state index in [-0.39, 0.29) is 13.2 Å². The normalized spacial score (nSPS) is 11.6. The standard InChI is InChI=1S/C6H12ClNO2.C2H6ClP/c1-2-10-6(9)5(8)3-4-7;1-4(2)3/h5H,2-4,8H2,1H3;1-2H3/t5-;/m0./s1. The van der Waals surface area contributed by atoms with E-state index in [4.69, 9.17) is 28.6 Å². The third-order valence-corrected chi connectivity index (χ3v) is 1.23. The molecule has 0 fully saturated rings. The first-order valence-electron chi connectivity index (χ1n) is 4.27. The number of hydrogen-bond acceptors (Lipinski definition) is 3. The van der Waals surface area contributed by atoms with E-state index >= 15 is 0 Å². The third-order valence-electron chi connectivity index (χ3n) is 1.01. The molecule has 0 heterocycles. The van der Waals surface area contributed by atoms with Crippen LogP contribution in [0.25, 0.3) is 0 Å². The number of rotatable bonds is 4. The van der Waals surface area contributed by atoms with Crippen molar-refractivity contribution in [2.45, 2.75) is 19.4 Å². The van der Waals surface area contributed by atoms with Crippen molar-refractivity contribution >= 4 is 36.1 Å². The molecule has 3 nitrogen and oxygen atoms in total. The molecule has 0 amide bonds. The largest absolute Gasteiger partial charge is 0.465 e. The van der Waals surface area contributed by atoms with Gasteiger partial charge in [-0.05, 0) is 33.9 Å². The molecule has 0 aromatic carbocycles. The molecule has 0 spiro atoms. The lowest BCUT2D eigenvalue weighted by molar-refractivity contribution is -0.144. The summed E-state index contributed by atoms with van der Waals surface area (Å²) in [5.74, 6) is 0.0168. The first-order valence-corrected chi connectivity index (χ1v) is 7.94.